The molecule has 19 heavy (non-hydrogen) atoms. The number of aliphatic hydroxyl groups excluding tert-OH is 1. The van der Waals surface area contributed by atoms with Gasteiger partial charge in [0, 0.05) is 43.4 Å². The zero-order valence-electron chi connectivity index (χ0n) is 11.0. The van der Waals surface area contributed by atoms with Crippen molar-refractivity contribution in [3.8, 4) is 0 Å². The van der Waals surface area contributed by atoms with Gasteiger partial charge in [-0.2, -0.15) is 0 Å². The summed E-state index contributed by atoms with van der Waals surface area (Å²) in [6.45, 7) is 2.90. The average molecular weight is 260 g/mol. The third-order valence-corrected chi connectivity index (χ3v) is 5.24. The first-order valence-electron chi connectivity index (χ1n) is 7.34. The Bertz CT molecular complexity index is 553. The number of pyridine rings is 1. The van der Waals surface area contributed by atoms with Crippen molar-refractivity contribution < 1.29 is 5.11 Å². The maximum Gasteiger partial charge on any atom is 0.250 e. The van der Waals surface area contributed by atoms with E-state index in [0.29, 0.717) is 17.9 Å². The van der Waals surface area contributed by atoms with Crippen molar-refractivity contribution in [3.05, 3.63) is 34.2 Å². The van der Waals surface area contributed by atoms with Gasteiger partial charge in [0.2, 0.25) is 0 Å². The summed E-state index contributed by atoms with van der Waals surface area (Å²) in [5.41, 5.74) is 1.35. The molecule has 0 saturated carbocycles. The van der Waals surface area contributed by atoms with E-state index in [9.17, 15) is 9.90 Å². The van der Waals surface area contributed by atoms with E-state index in [-0.39, 0.29) is 11.7 Å². The minimum absolute atomic E-state index is 0.136. The maximum absolute atomic E-state index is 12.0. The lowest BCUT2D eigenvalue weighted by Crippen LogP contribution is -2.56. The Hall–Kier alpha value is -1.13. The lowest BCUT2D eigenvalue weighted by atomic mass is 9.75. The second kappa shape index (κ2) is 4.18. The Morgan fingerprint density at radius 1 is 1.21 bits per heavy atom. The Balaban J connectivity index is 1.73. The Labute approximate surface area is 112 Å². The number of hydrogen-bond donors (Lipinski definition) is 1. The standard InChI is InChI=1S/C15H20N2O2/c18-12-4-5-16-8-10-6-11(14(16)7-12)9-17-13(10)2-1-3-15(17)19/h1-3,10-12,14,18H,4-9H2/t10-,11-,12+,14-/m0/s1. The number of aliphatic hydroxyl groups is 1. The zero-order chi connectivity index (χ0) is 13.0. The molecular weight excluding hydrogens is 240 g/mol. The Morgan fingerprint density at radius 3 is 3.00 bits per heavy atom. The predicted molar refractivity (Wildman–Crippen MR) is 72.2 cm³/mol. The van der Waals surface area contributed by atoms with E-state index in [1.54, 1.807) is 6.07 Å². The molecule has 4 rings (SSSR count). The molecule has 102 valence electrons. The van der Waals surface area contributed by atoms with Crippen LogP contribution in [0.2, 0.25) is 0 Å². The van der Waals surface area contributed by atoms with E-state index in [4.69, 9.17) is 0 Å². The number of aromatic nitrogens is 1. The highest BCUT2D eigenvalue weighted by atomic mass is 16.3. The SMILES string of the molecule is O=c1cccc2n1C[C@@H]1C[C@H]2CN2CC[C@@H](O)C[C@@H]12. The lowest BCUT2D eigenvalue weighted by molar-refractivity contribution is -0.0247. The summed E-state index contributed by atoms with van der Waals surface area (Å²) in [6, 6.07) is 6.14. The second-order valence-electron chi connectivity index (χ2n) is 6.33. The Morgan fingerprint density at radius 2 is 2.11 bits per heavy atom. The Kier molecular flexibility index (Phi) is 2.57. The van der Waals surface area contributed by atoms with Gasteiger partial charge in [-0.3, -0.25) is 9.69 Å². The van der Waals surface area contributed by atoms with Crippen LogP contribution in [0.1, 0.15) is 30.9 Å². The molecule has 2 saturated heterocycles. The van der Waals surface area contributed by atoms with Crippen LogP contribution in [0.15, 0.2) is 23.0 Å². The van der Waals surface area contributed by atoms with Crippen molar-refractivity contribution in [1.29, 1.82) is 0 Å². The van der Waals surface area contributed by atoms with Gasteiger partial charge in [0.05, 0.1) is 6.10 Å². The minimum Gasteiger partial charge on any atom is -0.393 e. The molecule has 2 fully saturated rings. The summed E-state index contributed by atoms with van der Waals surface area (Å²) in [5, 5.41) is 9.90. The number of hydrogen-bond acceptors (Lipinski definition) is 3. The van der Waals surface area contributed by atoms with Crippen LogP contribution in [-0.2, 0) is 6.54 Å². The summed E-state index contributed by atoms with van der Waals surface area (Å²) in [5.74, 6) is 1.03. The van der Waals surface area contributed by atoms with Crippen molar-refractivity contribution in [1.82, 2.24) is 9.47 Å². The normalized spacial score (nSPS) is 37.5. The van der Waals surface area contributed by atoms with Gasteiger partial charge in [-0.15, -0.1) is 0 Å². The highest BCUT2D eigenvalue weighted by Crippen LogP contribution is 2.41. The molecule has 1 N–H and O–H groups in total. The van der Waals surface area contributed by atoms with Gasteiger partial charge in [-0.05, 0) is 31.2 Å². The maximum atomic E-state index is 12.0. The van der Waals surface area contributed by atoms with Gasteiger partial charge in [0.25, 0.3) is 5.56 Å². The smallest absolute Gasteiger partial charge is 0.250 e. The molecule has 3 aliphatic rings. The van der Waals surface area contributed by atoms with Crippen LogP contribution in [0.5, 0.6) is 0 Å². The molecule has 4 atom stereocenters. The molecule has 3 aliphatic heterocycles. The quantitative estimate of drug-likeness (QED) is 0.750. The first-order valence-corrected chi connectivity index (χ1v) is 7.34. The number of fused-ring (bicyclic) bond motifs is 6. The average Bonchev–Trinajstić information content (AvgIpc) is 2.41. The van der Waals surface area contributed by atoms with E-state index in [2.05, 4.69) is 11.0 Å². The monoisotopic (exact) mass is 260 g/mol. The predicted octanol–water partition coefficient (Wildman–Crippen LogP) is 0.791. The summed E-state index contributed by atoms with van der Waals surface area (Å²) in [4.78, 5) is 14.6. The van der Waals surface area contributed by atoms with E-state index in [1.165, 1.54) is 12.1 Å². The molecule has 4 heteroatoms. The fourth-order valence-electron chi connectivity index (χ4n) is 4.36. The number of nitrogens with zero attached hydrogens (tertiary/aromatic N) is 2. The molecule has 2 bridgehead atoms. The highest BCUT2D eigenvalue weighted by molar-refractivity contribution is 5.18. The number of rotatable bonds is 0. The summed E-state index contributed by atoms with van der Waals surface area (Å²) in [7, 11) is 0. The van der Waals surface area contributed by atoms with Gasteiger partial charge in [0.1, 0.15) is 0 Å². The molecule has 0 aromatic carbocycles. The van der Waals surface area contributed by atoms with Gasteiger partial charge in [-0.1, -0.05) is 6.07 Å². The van der Waals surface area contributed by atoms with E-state index in [1.807, 2.05) is 10.6 Å². The van der Waals surface area contributed by atoms with Crippen LogP contribution in [-0.4, -0.2) is 39.8 Å². The van der Waals surface area contributed by atoms with Crippen molar-refractivity contribution in [3.63, 3.8) is 0 Å². The molecule has 0 aliphatic carbocycles. The minimum atomic E-state index is -0.147. The van der Waals surface area contributed by atoms with E-state index < -0.39 is 0 Å². The molecular formula is C15H20N2O2. The van der Waals surface area contributed by atoms with Gasteiger partial charge in [-0.25, -0.2) is 0 Å². The summed E-state index contributed by atoms with van der Waals surface area (Å²) >= 11 is 0. The first-order chi connectivity index (χ1) is 9.22. The third kappa shape index (κ3) is 1.77. The van der Waals surface area contributed by atoms with Crippen molar-refractivity contribution in [2.24, 2.45) is 5.92 Å². The van der Waals surface area contributed by atoms with Crippen LogP contribution in [0.3, 0.4) is 0 Å². The first kappa shape index (κ1) is 11.7. The summed E-state index contributed by atoms with van der Waals surface area (Å²) < 4.78 is 1.97. The molecule has 1 aromatic heterocycles. The van der Waals surface area contributed by atoms with Crippen LogP contribution in [0.25, 0.3) is 0 Å². The molecule has 4 heterocycles. The van der Waals surface area contributed by atoms with Crippen molar-refractivity contribution in [2.75, 3.05) is 13.1 Å². The second-order valence-corrected chi connectivity index (χ2v) is 6.33. The fraction of sp³-hybridized carbons (Fsp3) is 0.667. The van der Waals surface area contributed by atoms with Crippen molar-refractivity contribution >= 4 is 0 Å². The molecule has 0 amide bonds. The molecule has 4 nitrogen and oxygen atoms in total. The summed E-state index contributed by atoms with van der Waals surface area (Å²) in [6.07, 6.45) is 2.81. The van der Waals surface area contributed by atoms with Crippen molar-refractivity contribution in [2.45, 2.75) is 43.9 Å². The van der Waals surface area contributed by atoms with Crippen LogP contribution in [0.4, 0.5) is 0 Å². The zero-order valence-corrected chi connectivity index (χ0v) is 11.0. The molecule has 0 spiro atoms. The molecule has 0 unspecified atom stereocenters. The number of piperidine rings is 2. The van der Waals surface area contributed by atoms with Gasteiger partial charge < -0.3 is 9.67 Å². The van der Waals surface area contributed by atoms with Crippen LogP contribution in [0, 0.1) is 5.92 Å². The third-order valence-electron chi connectivity index (χ3n) is 5.24. The largest absolute Gasteiger partial charge is 0.393 e. The molecule has 1 aromatic rings. The van der Waals surface area contributed by atoms with E-state index >= 15 is 0 Å². The van der Waals surface area contributed by atoms with Crippen LogP contribution < -0.4 is 5.56 Å². The lowest BCUT2D eigenvalue weighted by Gasteiger charge is -2.51. The molecule has 0 radical (unpaired) electrons. The van der Waals surface area contributed by atoms with Crippen LogP contribution >= 0.6 is 0 Å². The highest BCUT2D eigenvalue weighted by Gasteiger charge is 2.43. The van der Waals surface area contributed by atoms with Gasteiger partial charge in [0.15, 0.2) is 0 Å². The fourth-order valence-corrected chi connectivity index (χ4v) is 4.36. The van der Waals surface area contributed by atoms with E-state index in [0.717, 1.165) is 32.5 Å². The van der Waals surface area contributed by atoms with Gasteiger partial charge >= 0.3 is 0 Å². The topological polar surface area (TPSA) is 45.5 Å².